The second-order valence-corrected chi connectivity index (χ2v) is 6.05. The molecule has 1 fully saturated rings. The zero-order valence-corrected chi connectivity index (χ0v) is 12.9. The Kier molecular flexibility index (Phi) is 6.20. The maximum atomic E-state index is 12.2. The molecule has 0 aliphatic carbocycles. The predicted octanol–water partition coefficient (Wildman–Crippen LogP) is 1.63. The van der Waals surface area contributed by atoms with Gasteiger partial charge in [0, 0.05) is 43.1 Å². The summed E-state index contributed by atoms with van der Waals surface area (Å²) < 4.78 is 0. The van der Waals surface area contributed by atoms with Crippen molar-refractivity contribution in [1.29, 1.82) is 0 Å². The average Bonchev–Trinajstić information content (AvgIpc) is 3.15. The van der Waals surface area contributed by atoms with Gasteiger partial charge in [0.25, 0.3) is 5.91 Å². The largest absolute Gasteiger partial charge is 0.396 e. The summed E-state index contributed by atoms with van der Waals surface area (Å²) in [4.78, 5) is 25.9. The molecule has 1 aromatic rings. The van der Waals surface area contributed by atoms with Gasteiger partial charge in [-0.15, -0.1) is 0 Å². The van der Waals surface area contributed by atoms with E-state index in [0.717, 1.165) is 32.2 Å². The molecule has 1 aliphatic heterocycles. The van der Waals surface area contributed by atoms with E-state index in [-0.39, 0.29) is 24.5 Å². The number of likely N-dealkylation sites (tertiary alicyclic amines) is 1. The molecule has 1 aromatic heterocycles. The summed E-state index contributed by atoms with van der Waals surface area (Å²) in [5, 5.41) is 15.3. The molecule has 1 aliphatic rings. The molecule has 1 saturated heterocycles. The molecule has 0 aromatic carbocycles. The number of hydrogen-bond acceptors (Lipinski definition) is 4. The monoisotopic (exact) mass is 310 g/mol. The fourth-order valence-electron chi connectivity index (χ4n) is 2.71. The number of aliphatic hydroxyl groups excluding tert-OH is 1. The standard InChI is InChI=1S/C15H22N2O3S/c18-9-2-4-13-3-1-8-17(13)14(19)5-7-16-15(20)12-6-10-21-11-12/h6,10-11,13,18H,1-5,7-9H2,(H,16,20). The Balaban J connectivity index is 1.72. The summed E-state index contributed by atoms with van der Waals surface area (Å²) in [5.41, 5.74) is 0.648. The molecule has 2 N–H and O–H groups in total. The highest BCUT2D eigenvalue weighted by Gasteiger charge is 2.27. The lowest BCUT2D eigenvalue weighted by molar-refractivity contribution is -0.132. The van der Waals surface area contributed by atoms with Crippen molar-refractivity contribution in [2.75, 3.05) is 19.7 Å². The summed E-state index contributed by atoms with van der Waals surface area (Å²) in [5.74, 6) is -0.0247. The van der Waals surface area contributed by atoms with Gasteiger partial charge in [0.1, 0.15) is 0 Å². The molecule has 116 valence electrons. The quantitative estimate of drug-likeness (QED) is 0.804. The van der Waals surface area contributed by atoms with Crippen molar-refractivity contribution in [2.45, 2.75) is 38.1 Å². The van der Waals surface area contributed by atoms with Crippen LogP contribution in [0.25, 0.3) is 0 Å². The van der Waals surface area contributed by atoms with Crippen molar-refractivity contribution in [3.63, 3.8) is 0 Å². The molecular formula is C15H22N2O3S. The Hall–Kier alpha value is -1.40. The maximum absolute atomic E-state index is 12.2. The van der Waals surface area contributed by atoms with Crippen LogP contribution in [0.4, 0.5) is 0 Å². The molecule has 2 amide bonds. The van der Waals surface area contributed by atoms with Crippen LogP contribution in [0.3, 0.4) is 0 Å². The van der Waals surface area contributed by atoms with Crippen molar-refractivity contribution in [1.82, 2.24) is 10.2 Å². The molecule has 5 nitrogen and oxygen atoms in total. The Morgan fingerprint density at radius 2 is 2.33 bits per heavy atom. The van der Waals surface area contributed by atoms with Gasteiger partial charge in [0.2, 0.25) is 5.91 Å². The van der Waals surface area contributed by atoms with E-state index < -0.39 is 0 Å². The van der Waals surface area contributed by atoms with Gasteiger partial charge >= 0.3 is 0 Å². The number of carbonyl (C=O) groups excluding carboxylic acids is 2. The van der Waals surface area contributed by atoms with Crippen LogP contribution < -0.4 is 5.32 Å². The number of rotatable bonds is 7. The smallest absolute Gasteiger partial charge is 0.252 e. The minimum atomic E-state index is -0.123. The van der Waals surface area contributed by atoms with Gasteiger partial charge < -0.3 is 15.3 Å². The molecule has 0 spiro atoms. The van der Waals surface area contributed by atoms with Crippen LogP contribution in [-0.2, 0) is 4.79 Å². The van der Waals surface area contributed by atoms with Crippen LogP contribution >= 0.6 is 11.3 Å². The zero-order valence-electron chi connectivity index (χ0n) is 12.1. The highest BCUT2D eigenvalue weighted by molar-refractivity contribution is 7.08. The molecule has 6 heteroatoms. The molecule has 2 heterocycles. The minimum absolute atomic E-state index is 0.0982. The van der Waals surface area contributed by atoms with E-state index in [1.54, 1.807) is 11.4 Å². The molecule has 0 saturated carbocycles. The highest BCUT2D eigenvalue weighted by Crippen LogP contribution is 2.21. The van der Waals surface area contributed by atoms with Crippen LogP contribution in [0, 0.1) is 0 Å². The zero-order chi connectivity index (χ0) is 15.1. The first-order valence-electron chi connectivity index (χ1n) is 7.43. The van der Waals surface area contributed by atoms with Crippen molar-refractivity contribution >= 4 is 23.2 Å². The van der Waals surface area contributed by atoms with Crippen molar-refractivity contribution in [3.05, 3.63) is 22.4 Å². The lowest BCUT2D eigenvalue weighted by atomic mass is 10.1. The molecule has 21 heavy (non-hydrogen) atoms. The maximum Gasteiger partial charge on any atom is 0.252 e. The second kappa shape index (κ2) is 8.14. The van der Waals surface area contributed by atoms with Crippen LogP contribution in [-0.4, -0.2) is 47.6 Å². The molecule has 1 unspecified atom stereocenters. The summed E-state index contributed by atoms with van der Waals surface area (Å²) >= 11 is 1.48. The normalized spacial score (nSPS) is 18.0. The van der Waals surface area contributed by atoms with Gasteiger partial charge in [-0.3, -0.25) is 9.59 Å². The summed E-state index contributed by atoms with van der Waals surface area (Å²) in [6.45, 7) is 1.35. The number of nitrogens with zero attached hydrogens (tertiary/aromatic N) is 1. The van der Waals surface area contributed by atoms with Gasteiger partial charge in [-0.25, -0.2) is 0 Å². The van der Waals surface area contributed by atoms with E-state index in [1.807, 2.05) is 10.3 Å². The highest BCUT2D eigenvalue weighted by atomic mass is 32.1. The van der Waals surface area contributed by atoms with Gasteiger partial charge in [0.15, 0.2) is 0 Å². The first kappa shape index (κ1) is 16.0. The number of amides is 2. The molecule has 0 radical (unpaired) electrons. The molecular weight excluding hydrogens is 288 g/mol. The van der Waals surface area contributed by atoms with Crippen LogP contribution in [0.1, 0.15) is 42.5 Å². The van der Waals surface area contributed by atoms with Gasteiger partial charge in [-0.2, -0.15) is 11.3 Å². The van der Waals surface area contributed by atoms with Crippen LogP contribution in [0.5, 0.6) is 0 Å². The van der Waals surface area contributed by atoms with Gasteiger partial charge in [0.05, 0.1) is 0 Å². The number of nitrogens with one attached hydrogen (secondary N) is 1. The number of aliphatic hydroxyl groups is 1. The number of hydrogen-bond donors (Lipinski definition) is 2. The fourth-order valence-corrected chi connectivity index (χ4v) is 3.35. The van der Waals surface area contributed by atoms with E-state index >= 15 is 0 Å². The first-order chi connectivity index (χ1) is 10.2. The van der Waals surface area contributed by atoms with Gasteiger partial charge in [-0.1, -0.05) is 0 Å². The Morgan fingerprint density at radius 1 is 1.48 bits per heavy atom. The third kappa shape index (κ3) is 4.54. The lowest BCUT2D eigenvalue weighted by Crippen LogP contribution is -2.37. The Labute approximate surface area is 129 Å². The second-order valence-electron chi connectivity index (χ2n) is 5.27. The van der Waals surface area contributed by atoms with E-state index in [0.29, 0.717) is 18.5 Å². The summed E-state index contributed by atoms with van der Waals surface area (Å²) in [7, 11) is 0. The Bertz CT molecular complexity index is 461. The fraction of sp³-hybridized carbons (Fsp3) is 0.600. The summed E-state index contributed by atoms with van der Waals surface area (Å²) in [6, 6.07) is 2.03. The van der Waals surface area contributed by atoms with E-state index in [1.165, 1.54) is 11.3 Å². The van der Waals surface area contributed by atoms with Gasteiger partial charge in [-0.05, 0) is 37.1 Å². The first-order valence-corrected chi connectivity index (χ1v) is 8.37. The SMILES string of the molecule is O=C(NCCC(=O)N1CCCC1CCCO)c1ccsc1. The Morgan fingerprint density at radius 3 is 3.05 bits per heavy atom. The minimum Gasteiger partial charge on any atom is -0.396 e. The van der Waals surface area contributed by atoms with Crippen molar-refractivity contribution < 1.29 is 14.7 Å². The number of thiophene rings is 1. The molecule has 1 atom stereocenters. The lowest BCUT2D eigenvalue weighted by Gasteiger charge is -2.24. The molecule has 2 rings (SSSR count). The third-order valence-corrected chi connectivity index (χ3v) is 4.48. The van der Waals surface area contributed by atoms with Crippen LogP contribution in [0.15, 0.2) is 16.8 Å². The number of carbonyl (C=O) groups is 2. The van der Waals surface area contributed by atoms with E-state index in [2.05, 4.69) is 5.32 Å². The predicted molar refractivity (Wildman–Crippen MR) is 82.3 cm³/mol. The molecule has 0 bridgehead atoms. The summed E-state index contributed by atoms with van der Waals surface area (Å²) in [6.07, 6.45) is 3.99. The van der Waals surface area contributed by atoms with Crippen molar-refractivity contribution in [3.8, 4) is 0 Å². The van der Waals surface area contributed by atoms with Crippen LogP contribution in [0.2, 0.25) is 0 Å². The van der Waals surface area contributed by atoms with E-state index in [9.17, 15) is 9.59 Å². The topological polar surface area (TPSA) is 69.6 Å². The average molecular weight is 310 g/mol. The third-order valence-electron chi connectivity index (χ3n) is 3.80. The van der Waals surface area contributed by atoms with Crippen molar-refractivity contribution in [2.24, 2.45) is 0 Å². The van der Waals surface area contributed by atoms with E-state index in [4.69, 9.17) is 5.11 Å².